The summed E-state index contributed by atoms with van der Waals surface area (Å²) < 4.78 is 0. The molecule has 0 spiro atoms. The van der Waals surface area contributed by atoms with Crippen LogP contribution >= 0.6 is 11.8 Å². The monoisotopic (exact) mass is 417 g/mol. The molecule has 0 saturated heterocycles. The van der Waals surface area contributed by atoms with E-state index in [0.717, 1.165) is 28.9 Å². The molecule has 0 radical (unpaired) electrons. The van der Waals surface area contributed by atoms with E-state index in [4.69, 9.17) is 5.73 Å². The smallest absolute Gasteiger partial charge is 0.251 e. The van der Waals surface area contributed by atoms with Crippen LogP contribution in [0, 0.1) is 20.8 Å². The number of anilines is 1. The summed E-state index contributed by atoms with van der Waals surface area (Å²) in [5.41, 5.74) is 14.3. The summed E-state index contributed by atoms with van der Waals surface area (Å²) in [5, 5.41) is 3.46. The number of pyridine rings is 1. The zero-order chi connectivity index (χ0) is 21.4. The maximum absolute atomic E-state index is 12.5. The van der Waals surface area contributed by atoms with Gasteiger partial charge in [-0.05, 0) is 72.7 Å². The Morgan fingerprint density at radius 2 is 1.77 bits per heavy atom. The van der Waals surface area contributed by atoms with Crippen LogP contribution < -0.4 is 11.1 Å². The number of primary amides is 1. The van der Waals surface area contributed by atoms with Crippen molar-refractivity contribution in [1.82, 2.24) is 4.98 Å². The summed E-state index contributed by atoms with van der Waals surface area (Å²) in [5.74, 6) is -0.528. The van der Waals surface area contributed by atoms with Crippen LogP contribution in [0.25, 0.3) is 11.1 Å². The molecule has 0 atom stereocenters. The van der Waals surface area contributed by atoms with Gasteiger partial charge < -0.3 is 11.1 Å². The number of aromatic nitrogens is 1. The molecular weight excluding hydrogens is 394 g/mol. The first-order valence-electron chi connectivity index (χ1n) is 9.76. The number of nitrogens with two attached hydrogens (primary N) is 1. The van der Waals surface area contributed by atoms with Crippen molar-refractivity contribution in [3.63, 3.8) is 0 Å². The predicted octanol–water partition coefficient (Wildman–Crippen LogP) is 4.41. The van der Waals surface area contributed by atoms with E-state index < -0.39 is 5.91 Å². The number of aryl methyl sites for hydroxylation is 1. The fourth-order valence-corrected chi connectivity index (χ4v) is 4.80. The molecule has 6 heteroatoms. The number of carbonyl (C=O) groups is 2. The van der Waals surface area contributed by atoms with E-state index in [9.17, 15) is 9.59 Å². The summed E-state index contributed by atoms with van der Waals surface area (Å²) >= 11 is 1.23. The number of rotatable bonds is 5. The minimum Gasteiger partial charge on any atom is -0.366 e. The van der Waals surface area contributed by atoms with Gasteiger partial charge in [0.05, 0.1) is 11.3 Å². The molecule has 0 bridgehead atoms. The van der Waals surface area contributed by atoms with E-state index in [0.29, 0.717) is 10.6 Å². The quantitative estimate of drug-likeness (QED) is 0.471. The van der Waals surface area contributed by atoms with E-state index >= 15 is 0 Å². The molecule has 0 aliphatic heterocycles. The molecule has 1 aliphatic carbocycles. The van der Waals surface area contributed by atoms with Gasteiger partial charge in [0.15, 0.2) is 0 Å². The molecular formula is C24H23N3O2S. The van der Waals surface area contributed by atoms with Crippen LogP contribution in [-0.4, -0.2) is 22.6 Å². The zero-order valence-electron chi connectivity index (χ0n) is 17.2. The minimum atomic E-state index is -0.524. The standard InChI is InChI=1S/C24H23N3O2S/c1-13-14(2)22(23(25)29)24(26-15(13)3)30-12-21(28)27-18-8-9-20-17(11-18)10-16-6-4-5-7-19(16)20/h4-9,11H,10,12H2,1-3H3,(H2,25,29)(H,27,28). The van der Waals surface area contributed by atoms with Crippen molar-refractivity contribution in [3.8, 4) is 11.1 Å². The summed E-state index contributed by atoms with van der Waals surface area (Å²) in [6.07, 6.45) is 0.873. The van der Waals surface area contributed by atoms with Gasteiger partial charge in [0.25, 0.3) is 5.91 Å². The maximum atomic E-state index is 12.5. The summed E-state index contributed by atoms with van der Waals surface area (Å²) in [6, 6.07) is 14.4. The van der Waals surface area contributed by atoms with E-state index in [-0.39, 0.29) is 11.7 Å². The van der Waals surface area contributed by atoms with E-state index in [1.807, 2.05) is 45.0 Å². The van der Waals surface area contributed by atoms with Crippen molar-refractivity contribution >= 4 is 29.3 Å². The molecule has 1 aliphatic rings. The number of hydrogen-bond donors (Lipinski definition) is 2. The number of amides is 2. The average molecular weight is 418 g/mol. The molecule has 2 aromatic carbocycles. The molecule has 2 amide bonds. The van der Waals surface area contributed by atoms with Crippen LogP contribution in [0.5, 0.6) is 0 Å². The molecule has 0 saturated carbocycles. The Bertz CT molecular complexity index is 1190. The first-order valence-corrected chi connectivity index (χ1v) is 10.7. The third-order valence-electron chi connectivity index (χ3n) is 5.63. The second-order valence-electron chi connectivity index (χ2n) is 7.53. The lowest BCUT2D eigenvalue weighted by atomic mass is 10.0. The van der Waals surface area contributed by atoms with Gasteiger partial charge >= 0.3 is 0 Å². The van der Waals surface area contributed by atoms with Crippen molar-refractivity contribution in [2.75, 3.05) is 11.1 Å². The Balaban J connectivity index is 1.47. The topological polar surface area (TPSA) is 85.1 Å². The number of nitrogens with zero attached hydrogens (tertiary/aromatic N) is 1. The third kappa shape index (κ3) is 3.71. The predicted molar refractivity (Wildman–Crippen MR) is 121 cm³/mol. The van der Waals surface area contributed by atoms with E-state index in [1.165, 1.54) is 34.0 Å². The molecule has 1 heterocycles. The van der Waals surface area contributed by atoms with Crippen LogP contribution in [-0.2, 0) is 11.2 Å². The largest absolute Gasteiger partial charge is 0.366 e. The van der Waals surface area contributed by atoms with Crippen molar-refractivity contribution < 1.29 is 9.59 Å². The highest BCUT2D eigenvalue weighted by Crippen LogP contribution is 2.37. The SMILES string of the molecule is Cc1nc(SCC(=O)Nc2ccc3c(c2)Cc2ccccc2-3)c(C(N)=O)c(C)c1C. The van der Waals surface area contributed by atoms with Crippen LogP contribution in [0.15, 0.2) is 47.5 Å². The normalized spacial score (nSPS) is 11.7. The Morgan fingerprint density at radius 3 is 2.53 bits per heavy atom. The molecule has 4 rings (SSSR count). The van der Waals surface area contributed by atoms with Crippen molar-refractivity contribution in [2.24, 2.45) is 5.73 Å². The highest BCUT2D eigenvalue weighted by molar-refractivity contribution is 8.00. The Morgan fingerprint density at radius 1 is 1.03 bits per heavy atom. The molecule has 5 nitrogen and oxygen atoms in total. The minimum absolute atomic E-state index is 0.145. The first-order chi connectivity index (χ1) is 14.3. The van der Waals surface area contributed by atoms with Crippen LogP contribution in [0.4, 0.5) is 5.69 Å². The Kier molecular flexibility index (Phi) is 5.35. The van der Waals surface area contributed by atoms with Crippen LogP contribution in [0.1, 0.15) is 38.3 Å². The van der Waals surface area contributed by atoms with Crippen molar-refractivity contribution in [3.05, 3.63) is 76.0 Å². The van der Waals surface area contributed by atoms with Gasteiger partial charge in [-0.25, -0.2) is 4.98 Å². The van der Waals surface area contributed by atoms with Gasteiger partial charge in [-0.15, -0.1) is 0 Å². The molecule has 0 unspecified atom stereocenters. The van der Waals surface area contributed by atoms with Gasteiger partial charge in [0, 0.05) is 11.4 Å². The summed E-state index contributed by atoms with van der Waals surface area (Å²) in [6.45, 7) is 5.66. The molecule has 0 fully saturated rings. The maximum Gasteiger partial charge on any atom is 0.251 e. The second kappa shape index (κ2) is 7.95. The fraction of sp³-hybridized carbons (Fsp3) is 0.208. The van der Waals surface area contributed by atoms with Gasteiger partial charge in [0.1, 0.15) is 5.03 Å². The van der Waals surface area contributed by atoms with Gasteiger partial charge in [-0.1, -0.05) is 42.1 Å². The number of nitrogens with one attached hydrogen (secondary N) is 1. The molecule has 30 heavy (non-hydrogen) atoms. The second-order valence-corrected chi connectivity index (χ2v) is 8.50. The lowest BCUT2D eigenvalue weighted by molar-refractivity contribution is -0.113. The number of thioether (sulfide) groups is 1. The Hall–Kier alpha value is -3.12. The zero-order valence-corrected chi connectivity index (χ0v) is 18.0. The fourth-order valence-electron chi connectivity index (χ4n) is 3.86. The number of hydrogen-bond acceptors (Lipinski definition) is 4. The summed E-state index contributed by atoms with van der Waals surface area (Å²) in [7, 11) is 0. The molecule has 152 valence electrons. The molecule has 3 N–H and O–H groups in total. The third-order valence-corrected chi connectivity index (χ3v) is 6.60. The lowest BCUT2D eigenvalue weighted by Crippen LogP contribution is -2.18. The average Bonchev–Trinajstić information content (AvgIpc) is 3.07. The van der Waals surface area contributed by atoms with E-state index in [2.05, 4.69) is 28.5 Å². The number of carbonyl (C=O) groups excluding carboxylic acids is 2. The van der Waals surface area contributed by atoms with Gasteiger partial charge in [-0.2, -0.15) is 0 Å². The van der Waals surface area contributed by atoms with Crippen molar-refractivity contribution in [1.29, 1.82) is 0 Å². The lowest BCUT2D eigenvalue weighted by Gasteiger charge is -2.13. The van der Waals surface area contributed by atoms with Gasteiger partial charge in [0.2, 0.25) is 5.91 Å². The van der Waals surface area contributed by atoms with Crippen LogP contribution in [0.2, 0.25) is 0 Å². The summed E-state index contributed by atoms with van der Waals surface area (Å²) in [4.78, 5) is 28.9. The van der Waals surface area contributed by atoms with Crippen molar-refractivity contribution in [2.45, 2.75) is 32.2 Å². The molecule has 1 aromatic heterocycles. The molecule has 3 aromatic rings. The number of benzene rings is 2. The number of fused-ring (bicyclic) bond motifs is 3. The highest BCUT2D eigenvalue weighted by Gasteiger charge is 2.20. The van der Waals surface area contributed by atoms with E-state index in [1.54, 1.807) is 0 Å². The van der Waals surface area contributed by atoms with Gasteiger partial charge in [-0.3, -0.25) is 9.59 Å². The van der Waals surface area contributed by atoms with Crippen LogP contribution in [0.3, 0.4) is 0 Å². The Labute approximate surface area is 180 Å². The highest BCUT2D eigenvalue weighted by atomic mass is 32.2. The first kappa shape index (κ1) is 20.2.